The summed E-state index contributed by atoms with van der Waals surface area (Å²) in [6, 6.07) is -0.820. The number of hydrogen-bond donors (Lipinski definition) is 5. The van der Waals surface area contributed by atoms with Gasteiger partial charge in [0.2, 0.25) is 11.8 Å². The summed E-state index contributed by atoms with van der Waals surface area (Å²) in [6.07, 6.45) is -1.47. The van der Waals surface area contributed by atoms with Crippen LogP contribution in [0.4, 0.5) is 0 Å². The molecule has 0 spiro atoms. The number of carbonyl (C=O) groups is 3. The van der Waals surface area contributed by atoms with Gasteiger partial charge in [0.25, 0.3) is 5.91 Å². The van der Waals surface area contributed by atoms with Crippen LogP contribution in [0.15, 0.2) is 0 Å². The van der Waals surface area contributed by atoms with Crippen molar-refractivity contribution >= 4 is 55.5 Å². The van der Waals surface area contributed by atoms with Crippen LogP contribution in [0.1, 0.15) is 43.9 Å². The Morgan fingerprint density at radius 3 is 1.92 bits per heavy atom. The molecule has 0 rings (SSSR count). The molecule has 3 amide bonds. The van der Waals surface area contributed by atoms with Crippen LogP contribution in [0.25, 0.3) is 0 Å². The minimum absolute atomic E-state index is 0. The molecular formula is C15H31CaN3O5. The van der Waals surface area contributed by atoms with E-state index in [0.717, 1.165) is 0 Å². The van der Waals surface area contributed by atoms with Crippen molar-refractivity contribution in [3.63, 3.8) is 0 Å². The summed E-state index contributed by atoms with van der Waals surface area (Å²) in [5, 5.41) is 23.7. The second kappa shape index (κ2) is 11.3. The zero-order valence-electron chi connectivity index (χ0n) is 17.3. The summed E-state index contributed by atoms with van der Waals surface area (Å²) >= 11 is 0. The number of aliphatic hydroxyl groups is 1. The summed E-state index contributed by atoms with van der Waals surface area (Å²) in [6.45, 7) is 9.05. The Morgan fingerprint density at radius 2 is 1.58 bits per heavy atom. The van der Waals surface area contributed by atoms with Gasteiger partial charge in [0.1, 0.15) is 12.1 Å². The molecule has 9 heteroatoms. The molecule has 5 N–H and O–H groups in total. The second-order valence-electron chi connectivity index (χ2n) is 7.08. The van der Waals surface area contributed by atoms with Crippen molar-refractivity contribution in [3.8, 4) is 0 Å². The Kier molecular flexibility index (Phi) is 12.1. The van der Waals surface area contributed by atoms with Gasteiger partial charge >= 0.3 is 37.7 Å². The fraction of sp³-hybridized carbons (Fsp3) is 0.800. The molecule has 0 aliphatic rings. The minimum Gasteiger partial charge on any atom is -1.00 e. The second-order valence-corrected chi connectivity index (χ2v) is 7.08. The van der Waals surface area contributed by atoms with Crippen molar-refractivity contribution < 1.29 is 27.6 Å². The van der Waals surface area contributed by atoms with Gasteiger partial charge in [-0.15, -0.1) is 0 Å². The number of nitrogens with one attached hydrogen (secondary N) is 3. The van der Waals surface area contributed by atoms with Crippen molar-refractivity contribution in [2.75, 3.05) is 7.05 Å². The van der Waals surface area contributed by atoms with Crippen LogP contribution in [-0.2, 0) is 14.4 Å². The predicted molar refractivity (Wildman–Crippen MR) is 92.3 cm³/mol. The Bertz CT molecular complexity index is 447. The largest absolute Gasteiger partial charge is 2.00 e. The van der Waals surface area contributed by atoms with Crippen molar-refractivity contribution in [1.82, 2.24) is 16.1 Å². The zero-order valence-corrected chi connectivity index (χ0v) is 17.6. The van der Waals surface area contributed by atoms with E-state index >= 15 is 0 Å². The summed E-state index contributed by atoms with van der Waals surface area (Å²) in [4.78, 5) is 35.9. The number of carbonyl (C=O) groups excluding carboxylic acids is 3. The summed E-state index contributed by atoms with van der Waals surface area (Å²) in [5.41, 5.74) is 0.789. The van der Waals surface area contributed by atoms with Crippen molar-refractivity contribution in [1.29, 1.82) is 0 Å². The van der Waals surface area contributed by atoms with Gasteiger partial charge in [0, 0.05) is 7.05 Å². The van der Waals surface area contributed by atoms with Crippen molar-refractivity contribution in [2.24, 2.45) is 17.3 Å². The Balaban J connectivity index is -0.000000807. The number of hydroxylamine groups is 1. The van der Waals surface area contributed by atoms with Crippen LogP contribution in [0.2, 0.25) is 0 Å². The molecule has 0 saturated heterocycles. The van der Waals surface area contributed by atoms with Crippen molar-refractivity contribution in [3.05, 3.63) is 0 Å². The molecule has 0 aromatic heterocycles. The van der Waals surface area contributed by atoms with E-state index in [1.165, 1.54) is 12.5 Å². The van der Waals surface area contributed by atoms with Gasteiger partial charge in [-0.2, -0.15) is 0 Å². The van der Waals surface area contributed by atoms with Crippen LogP contribution in [0.5, 0.6) is 0 Å². The Morgan fingerprint density at radius 1 is 1.08 bits per heavy atom. The van der Waals surface area contributed by atoms with E-state index in [1.54, 1.807) is 20.8 Å². The third-order valence-corrected chi connectivity index (χ3v) is 3.48. The Hall–Kier alpha value is -0.410. The third kappa shape index (κ3) is 8.11. The van der Waals surface area contributed by atoms with Gasteiger partial charge in [-0.25, -0.2) is 5.48 Å². The van der Waals surface area contributed by atoms with Gasteiger partial charge in [-0.3, -0.25) is 19.6 Å². The van der Waals surface area contributed by atoms with Crippen LogP contribution in [0.3, 0.4) is 0 Å². The molecule has 24 heavy (non-hydrogen) atoms. The van der Waals surface area contributed by atoms with E-state index in [4.69, 9.17) is 5.21 Å². The minimum atomic E-state index is -1.70. The molecule has 0 heterocycles. The first-order chi connectivity index (χ1) is 10.4. The molecule has 8 nitrogen and oxygen atoms in total. The number of hydrogen-bond acceptors (Lipinski definition) is 5. The quantitative estimate of drug-likeness (QED) is 0.236. The molecule has 3 atom stereocenters. The molecule has 0 saturated carbocycles. The first-order valence-corrected chi connectivity index (χ1v) is 7.59. The number of rotatable bonds is 7. The predicted octanol–water partition coefficient (Wildman–Crippen LogP) is -0.364. The van der Waals surface area contributed by atoms with E-state index < -0.39 is 35.3 Å². The van der Waals surface area contributed by atoms with Gasteiger partial charge in [0.15, 0.2) is 0 Å². The summed E-state index contributed by atoms with van der Waals surface area (Å²) < 4.78 is 0. The van der Waals surface area contributed by atoms with E-state index in [2.05, 4.69) is 10.6 Å². The average Bonchev–Trinajstić information content (AvgIpc) is 2.46. The Labute approximate surface area is 176 Å². The first kappa shape index (κ1) is 25.8. The van der Waals surface area contributed by atoms with Crippen molar-refractivity contribution in [2.45, 2.75) is 53.2 Å². The van der Waals surface area contributed by atoms with E-state index in [0.29, 0.717) is 0 Å². The van der Waals surface area contributed by atoms with Crippen LogP contribution >= 0.6 is 0 Å². The molecule has 0 aliphatic carbocycles. The molecule has 0 bridgehead atoms. The number of amides is 3. The smallest absolute Gasteiger partial charge is 1.00 e. The van der Waals surface area contributed by atoms with Crippen LogP contribution < -0.4 is 16.1 Å². The van der Waals surface area contributed by atoms with Gasteiger partial charge in [-0.1, -0.05) is 34.6 Å². The van der Waals surface area contributed by atoms with Gasteiger partial charge in [0.05, 0.1) is 5.92 Å². The van der Waals surface area contributed by atoms with Crippen LogP contribution in [0, 0.1) is 17.3 Å². The topological polar surface area (TPSA) is 128 Å². The summed E-state index contributed by atoms with van der Waals surface area (Å²) in [7, 11) is 1.47. The molecule has 138 valence electrons. The fourth-order valence-electron chi connectivity index (χ4n) is 2.21. The number of likely N-dealkylation sites (N-methyl/N-ethyl adjacent to an activating group) is 1. The van der Waals surface area contributed by atoms with Crippen LogP contribution in [-0.4, -0.2) is 85.0 Å². The van der Waals surface area contributed by atoms with E-state index in [9.17, 15) is 19.5 Å². The maximum Gasteiger partial charge on any atom is 2.00 e. The average molecular weight is 374 g/mol. The molecule has 0 unspecified atom stereocenters. The summed E-state index contributed by atoms with van der Waals surface area (Å²) in [5.74, 6) is -3.08. The van der Waals surface area contributed by atoms with E-state index in [1.807, 2.05) is 13.8 Å². The molecular weight excluding hydrogens is 342 g/mol. The van der Waals surface area contributed by atoms with Gasteiger partial charge < -0.3 is 18.6 Å². The monoisotopic (exact) mass is 373 g/mol. The fourth-order valence-corrected chi connectivity index (χ4v) is 2.21. The molecule has 0 radical (unpaired) electrons. The number of aliphatic hydroxyl groups excluding tert-OH is 1. The molecule has 0 fully saturated rings. The first-order valence-electron chi connectivity index (χ1n) is 7.59. The maximum atomic E-state index is 12.5. The standard InChI is InChI=1S/C15H29N3O5.Ca.2H/c1-8(2)7-9(10(19)13(21)18-23)12(20)17-11(14(22)16-6)15(3,4)5;;;/h8-11,19,23H,7H2,1-6H3,(H,16,22)(H,17,20)(H,18,21);;;/q;+2;2*-1/t9-,10+,11-;;;/m1.../s1. The van der Waals surface area contributed by atoms with Gasteiger partial charge in [-0.05, 0) is 17.8 Å². The molecule has 0 aromatic rings. The molecule has 0 aliphatic heterocycles. The normalized spacial score (nSPS) is 14.9. The SMILES string of the molecule is CNC(=O)[C@@H](NC(=O)[C@H](CC(C)C)[C@H](O)C(=O)NO)C(C)(C)C.[Ca+2].[H-].[H-]. The van der Waals surface area contributed by atoms with E-state index in [-0.39, 0.29) is 58.8 Å². The third-order valence-electron chi connectivity index (χ3n) is 3.48. The maximum absolute atomic E-state index is 12.5. The molecule has 0 aromatic carbocycles. The zero-order chi connectivity index (χ0) is 18.4.